The topological polar surface area (TPSA) is 138 Å². The number of rotatable bonds is 0. The van der Waals surface area contributed by atoms with E-state index in [1.165, 1.54) is 0 Å². The van der Waals surface area contributed by atoms with E-state index < -0.39 is 29.7 Å². The summed E-state index contributed by atoms with van der Waals surface area (Å²) < 4.78 is 28.2. The van der Waals surface area contributed by atoms with Crippen LogP contribution in [-0.2, 0) is 28.9 Å². The number of aromatic hydroxyl groups is 2. The van der Waals surface area contributed by atoms with Gasteiger partial charge in [0.2, 0.25) is 0 Å². The highest BCUT2D eigenvalue weighted by molar-refractivity contribution is 5.63. The van der Waals surface area contributed by atoms with Crippen molar-refractivity contribution in [2.75, 3.05) is 0 Å². The first-order valence-electron chi connectivity index (χ1n) is 21.3. The van der Waals surface area contributed by atoms with Crippen molar-refractivity contribution in [1.29, 1.82) is 0 Å². The Morgan fingerprint density at radius 1 is 0.636 bits per heavy atom. The van der Waals surface area contributed by atoms with Crippen LogP contribution in [-0.4, -0.2) is 48.9 Å². The molecule has 2 aromatic rings. The van der Waals surface area contributed by atoms with Gasteiger partial charge in [0.05, 0.1) is 24.4 Å². The molecule has 55 heavy (non-hydrogen) atoms. The van der Waals surface area contributed by atoms with Gasteiger partial charge >= 0.3 is 0 Å². The number of aliphatic hydroxyl groups excluding tert-OH is 3. The molecule has 2 bridgehead atoms. The van der Waals surface area contributed by atoms with Gasteiger partial charge in [0, 0.05) is 40.4 Å². The molecule has 300 valence electrons. The van der Waals surface area contributed by atoms with Crippen LogP contribution in [0.5, 0.6) is 23.0 Å². The number of phenolic OH excluding ortho intramolecular Hbond substituents is 2. The molecule has 10 rings (SSSR count). The summed E-state index contributed by atoms with van der Waals surface area (Å²) >= 11 is 0. The van der Waals surface area contributed by atoms with Crippen molar-refractivity contribution < 1.29 is 44.5 Å². The van der Waals surface area contributed by atoms with E-state index in [4.69, 9.17) is 18.9 Å². The van der Waals surface area contributed by atoms with E-state index in [-0.39, 0.29) is 75.6 Å². The number of ether oxygens (including phenoxy) is 4. The number of fused-ring (bicyclic) bond motifs is 14. The Balaban J connectivity index is 1.06. The summed E-state index contributed by atoms with van der Waals surface area (Å²) in [5.74, 6) is 2.27. The van der Waals surface area contributed by atoms with Gasteiger partial charge in [-0.15, -0.1) is 0 Å². The van der Waals surface area contributed by atoms with E-state index in [0.29, 0.717) is 53.9 Å². The molecule has 0 aromatic heterocycles. The summed E-state index contributed by atoms with van der Waals surface area (Å²) in [6.07, 6.45) is 4.40. The second-order valence-corrected chi connectivity index (χ2v) is 21.1. The minimum absolute atomic E-state index is 0.111. The standard InChI is InChI=1S/C46H62O9/c1-22-9-11-30-41(3,4)32(49)13-15-43(30,7)45(22)19-26-28(47)17-24-21-52-40-35-25(36(51)39(53-40)34(24)37(26)54-45)18-29(48)27-20-46(55-38(27)35)23(2)10-12-31-42(5,6)33(50)14-16-44(31,46)8/h17-18,22-23,30-33,36,39-40,47-51H,9-16,19-21H2,1-8H3/t22-,23-,30+,31+,32-,33-,36-,39-,40-,43+,44+,45-,46-/m1/s1. The predicted molar refractivity (Wildman–Crippen MR) is 205 cm³/mol. The lowest BCUT2D eigenvalue weighted by Gasteiger charge is -2.64. The lowest BCUT2D eigenvalue weighted by molar-refractivity contribution is -0.220. The van der Waals surface area contributed by atoms with E-state index >= 15 is 0 Å². The summed E-state index contributed by atoms with van der Waals surface area (Å²) in [6.45, 7) is 18.1. The van der Waals surface area contributed by atoms with E-state index in [9.17, 15) is 25.5 Å². The van der Waals surface area contributed by atoms with Crippen molar-refractivity contribution in [2.45, 2.75) is 168 Å². The first-order valence-corrected chi connectivity index (χ1v) is 21.3. The molecule has 0 radical (unpaired) electrons. The molecule has 9 nitrogen and oxygen atoms in total. The average Bonchev–Trinajstić information content (AvgIpc) is 3.70. The molecule has 9 heteroatoms. The summed E-state index contributed by atoms with van der Waals surface area (Å²) in [6, 6.07) is 3.48. The van der Waals surface area contributed by atoms with Gasteiger partial charge in [-0.3, -0.25) is 0 Å². The SMILES string of the molecule is C[C@@H]1CC[C@H]2C(C)(C)[C@H](O)CC[C@]2(C)[C@@]12Cc1c(O)cc3c(c1O2)[C@@H]1OCc2cc(O)c4c(c2[C@@H](O1)[C@@H]3O)O[C@]1(C4)[C@H](C)CC[C@H]2C(C)(C)[C@H](O)CC[C@@]21C. The van der Waals surface area contributed by atoms with E-state index in [0.717, 1.165) is 55.2 Å². The summed E-state index contributed by atoms with van der Waals surface area (Å²) in [5, 5.41) is 58.4. The molecule has 4 aliphatic carbocycles. The van der Waals surface area contributed by atoms with Gasteiger partial charge in [0.1, 0.15) is 46.4 Å². The van der Waals surface area contributed by atoms with Crippen molar-refractivity contribution in [2.24, 2.45) is 45.3 Å². The number of hydrogen-bond donors (Lipinski definition) is 5. The molecule has 5 N–H and O–H groups in total. The molecule has 0 unspecified atom stereocenters. The van der Waals surface area contributed by atoms with Crippen LogP contribution >= 0.6 is 0 Å². The Morgan fingerprint density at radius 2 is 1.13 bits per heavy atom. The highest BCUT2D eigenvalue weighted by Gasteiger charge is 2.69. The number of aliphatic hydroxyl groups is 3. The molecule has 4 aliphatic heterocycles. The summed E-state index contributed by atoms with van der Waals surface area (Å²) in [5.41, 5.74) is 1.76. The Kier molecular flexibility index (Phi) is 7.58. The van der Waals surface area contributed by atoms with Gasteiger partial charge in [-0.1, -0.05) is 55.4 Å². The molecule has 4 fully saturated rings. The molecular weight excluding hydrogens is 696 g/mol. The zero-order chi connectivity index (χ0) is 39.0. The fourth-order valence-electron chi connectivity index (χ4n) is 15.0. The second-order valence-electron chi connectivity index (χ2n) is 21.1. The maximum absolute atomic E-state index is 12.5. The van der Waals surface area contributed by atoms with E-state index in [1.54, 1.807) is 12.1 Å². The maximum atomic E-state index is 12.5. The average molecular weight is 759 g/mol. The molecule has 2 spiro atoms. The number of benzene rings is 2. The van der Waals surface area contributed by atoms with Crippen LogP contribution in [0.3, 0.4) is 0 Å². The molecular formula is C46H62O9. The highest BCUT2D eigenvalue weighted by atomic mass is 16.7. The number of phenols is 2. The van der Waals surface area contributed by atoms with Gasteiger partial charge < -0.3 is 44.5 Å². The monoisotopic (exact) mass is 758 g/mol. The van der Waals surface area contributed by atoms with Crippen LogP contribution in [0.1, 0.15) is 159 Å². The van der Waals surface area contributed by atoms with E-state index in [1.807, 2.05) is 0 Å². The smallest absolute Gasteiger partial charge is 0.189 e. The third-order valence-electron chi connectivity index (χ3n) is 18.4. The van der Waals surface area contributed by atoms with Crippen LogP contribution in [0.4, 0.5) is 0 Å². The molecule has 13 atom stereocenters. The van der Waals surface area contributed by atoms with Gasteiger partial charge in [0.15, 0.2) is 6.29 Å². The molecule has 2 aromatic carbocycles. The minimum Gasteiger partial charge on any atom is -0.508 e. The maximum Gasteiger partial charge on any atom is 0.189 e. The van der Waals surface area contributed by atoms with Gasteiger partial charge in [-0.2, -0.15) is 0 Å². The first kappa shape index (κ1) is 36.8. The van der Waals surface area contributed by atoms with Crippen molar-refractivity contribution in [3.8, 4) is 23.0 Å². The normalized spacial score (nSPS) is 45.6. The second kappa shape index (κ2) is 11.3. The summed E-state index contributed by atoms with van der Waals surface area (Å²) in [4.78, 5) is 0. The zero-order valence-electron chi connectivity index (χ0n) is 34.0. The third-order valence-corrected chi connectivity index (χ3v) is 18.4. The van der Waals surface area contributed by atoms with Crippen LogP contribution in [0.2, 0.25) is 0 Å². The Bertz CT molecular complexity index is 1970. The fraction of sp³-hybridized carbons (Fsp3) is 0.739. The van der Waals surface area contributed by atoms with Gasteiger partial charge in [0.25, 0.3) is 0 Å². The molecule has 4 heterocycles. The lowest BCUT2D eigenvalue weighted by atomic mass is 9.43. The van der Waals surface area contributed by atoms with Crippen LogP contribution in [0, 0.1) is 45.3 Å². The van der Waals surface area contributed by atoms with Gasteiger partial charge in [-0.05, 0) is 109 Å². The van der Waals surface area contributed by atoms with Crippen LogP contribution < -0.4 is 9.47 Å². The molecule has 0 saturated heterocycles. The van der Waals surface area contributed by atoms with Gasteiger partial charge in [-0.25, -0.2) is 0 Å². The molecule has 8 aliphatic rings. The summed E-state index contributed by atoms with van der Waals surface area (Å²) in [7, 11) is 0. The molecule has 0 amide bonds. The van der Waals surface area contributed by atoms with E-state index in [2.05, 4.69) is 55.4 Å². The minimum atomic E-state index is -1.16. The molecule has 4 saturated carbocycles. The van der Waals surface area contributed by atoms with Crippen molar-refractivity contribution in [3.63, 3.8) is 0 Å². The van der Waals surface area contributed by atoms with Crippen molar-refractivity contribution >= 4 is 0 Å². The Labute approximate surface area is 325 Å². The van der Waals surface area contributed by atoms with Crippen molar-refractivity contribution in [3.05, 3.63) is 45.5 Å². The largest absolute Gasteiger partial charge is 0.508 e. The lowest BCUT2D eigenvalue weighted by Crippen LogP contribution is -2.66. The highest BCUT2D eigenvalue weighted by Crippen LogP contribution is 2.70. The predicted octanol–water partition coefficient (Wildman–Crippen LogP) is 8.25. The quantitative estimate of drug-likeness (QED) is 0.180. The van der Waals surface area contributed by atoms with Crippen molar-refractivity contribution in [1.82, 2.24) is 0 Å². The zero-order valence-corrected chi connectivity index (χ0v) is 34.0. The van der Waals surface area contributed by atoms with Crippen LogP contribution in [0.25, 0.3) is 0 Å². The Hall–Kier alpha value is -2.56. The Morgan fingerprint density at radius 3 is 1.65 bits per heavy atom. The fourth-order valence-corrected chi connectivity index (χ4v) is 15.0. The van der Waals surface area contributed by atoms with Crippen LogP contribution in [0.15, 0.2) is 12.1 Å². The number of hydrogen-bond acceptors (Lipinski definition) is 9. The first-order chi connectivity index (χ1) is 25.8. The third kappa shape index (κ3) is 4.33.